The molecule has 0 saturated heterocycles. The number of nitrogens with zero attached hydrogens (tertiary/aromatic N) is 3. The molecule has 0 unspecified atom stereocenters. The van der Waals surface area contributed by atoms with E-state index in [4.69, 9.17) is 9.47 Å². The van der Waals surface area contributed by atoms with Crippen molar-refractivity contribution in [1.29, 1.82) is 0 Å². The molecular formula is C22H25N3O5S2. The zero-order valence-electron chi connectivity index (χ0n) is 18.1. The first kappa shape index (κ1) is 23.6. The van der Waals surface area contributed by atoms with Gasteiger partial charge in [0.15, 0.2) is 16.6 Å². The van der Waals surface area contributed by atoms with Crippen molar-refractivity contribution in [1.82, 2.24) is 9.88 Å². The van der Waals surface area contributed by atoms with Gasteiger partial charge >= 0.3 is 0 Å². The normalized spacial score (nSPS) is 11.1. The molecule has 0 aliphatic heterocycles. The Morgan fingerprint density at radius 3 is 2.38 bits per heavy atom. The van der Waals surface area contributed by atoms with Gasteiger partial charge in [0.05, 0.1) is 19.1 Å². The molecule has 1 amide bonds. The summed E-state index contributed by atoms with van der Waals surface area (Å²) in [6.07, 6.45) is 1.51. The first-order valence-electron chi connectivity index (χ1n) is 9.86. The second-order valence-electron chi connectivity index (χ2n) is 6.74. The van der Waals surface area contributed by atoms with Crippen molar-refractivity contribution in [3.8, 4) is 11.5 Å². The van der Waals surface area contributed by atoms with Gasteiger partial charge < -0.3 is 14.4 Å². The third-order valence-corrected chi connectivity index (χ3v) is 7.46. The van der Waals surface area contributed by atoms with Crippen LogP contribution < -0.4 is 13.8 Å². The van der Waals surface area contributed by atoms with E-state index in [1.54, 1.807) is 54.8 Å². The lowest BCUT2D eigenvalue weighted by Crippen LogP contribution is -2.42. The van der Waals surface area contributed by atoms with E-state index in [0.29, 0.717) is 24.6 Å². The summed E-state index contributed by atoms with van der Waals surface area (Å²) in [5, 5.41) is 1.92. The predicted octanol–water partition coefficient (Wildman–Crippen LogP) is 3.40. The van der Waals surface area contributed by atoms with Crippen molar-refractivity contribution in [2.45, 2.75) is 18.4 Å². The van der Waals surface area contributed by atoms with Crippen molar-refractivity contribution >= 4 is 32.4 Å². The van der Waals surface area contributed by atoms with Gasteiger partial charge in [-0.05, 0) is 36.8 Å². The van der Waals surface area contributed by atoms with Crippen LogP contribution in [-0.4, -0.2) is 51.5 Å². The highest BCUT2D eigenvalue weighted by molar-refractivity contribution is 7.93. The van der Waals surface area contributed by atoms with Gasteiger partial charge in [-0.3, -0.25) is 4.79 Å². The molecule has 170 valence electrons. The Balaban J connectivity index is 1.85. The summed E-state index contributed by atoms with van der Waals surface area (Å²) in [6, 6.07) is 13.4. The number of benzene rings is 2. The molecule has 0 aliphatic rings. The van der Waals surface area contributed by atoms with Gasteiger partial charge in [0.25, 0.3) is 10.0 Å². The second kappa shape index (κ2) is 10.5. The molecule has 8 nitrogen and oxygen atoms in total. The smallest absolute Gasteiger partial charge is 0.266 e. The molecule has 0 aliphatic carbocycles. The number of anilines is 1. The third-order valence-electron chi connectivity index (χ3n) is 4.80. The van der Waals surface area contributed by atoms with Crippen LogP contribution >= 0.6 is 11.3 Å². The molecule has 10 heteroatoms. The molecule has 1 heterocycles. The maximum atomic E-state index is 13.3. The van der Waals surface area contributed by atoms with Crippen LogP contribution in [0.25, 0.3) is 0 Å². The molecule has 3 aromatic rings. The zero-order valence-corrected chi connectivity index (χ0v) is 19.7. The first-order chi connectivity index (χ1) is 15.4. The number of carbonyl (C=O) groups excluding carboxylic acids is 1. The SMILES string of the molecule is CCN(Cc1ccc(OC)c(OC)c1)C(=O)CN(c1nccs1)S(=O)(=O)c1ccccc1. The molecule has 0 bridgehead atoms. The number of ether oxygens (including phenoxy) is 2. The minimum absolute atomic E-state index is 0.103. The number of sulfonamides is 1. The van der Waals surface area contributed by atoms with Crippen LogP contribution in [0.4, 0.5) is 5.13 Å². The fourth-order valence-electron chi connectivity index (χ4n) is 3.11. The Kier molecular flexibility index (Phi) is 7.70. The van der Waals surface area contributed by atoms with Crippen LogP contribution in [-0.2, 0) is 21.4 Å². The van der Waals surface area contributed by atoms with Gasteiger partial charge in [0, 0.05) is 24.7 Å². The van der Waals surface area contributed by atoms with E-state index < -0.39 is 10.0 Å². The molecule has 0 radical (unpaired) electrons. The number of carbonyl (C=O) groups is 1. The van der Waals surface area contributed by atoms with Crippen LogP contribution in [0.1, 0.15) is 12.5 Å². The van der Waals surface area contributed by atoms with Gasteiger partial charge in [-0.15, -0.1) is 11.3 Å². The van der Waals surface area contributed by atoms with Crippen LogP contribution in [0.3, 0.4) is 0 Å². The Hall–Kier alpha value is -3.11. The number of rotatable bonds is 10. The lowest BCUT2D eigenvalue weighted by Gasteiger charge is -2.26. The van der Waals surface area contributed by atoms with Crippen molar-refractivity contribution < 1.29 is 22.7 Å². The lowest BCUT2D eigenvalue weighted by molar-refractivity contribution is -0.129. The molecular weight excluding hydrogens is 450 g/mol. The quantitative estimate of drug-likeness (QED) is 0.447. The summed E-state index contributed by atoms with van der Waals surface area (Å²) in [6.45, 7) is 2.20. The Labute approximate surface area is 192 Å². The molecule has 32 heavy (non-hydrogen) atoms. The minimum atomic E-state index is -3.96. The van der Waals surface area contributed by atoms with Gasteiger partial charge in [0.2, 0.25) is 5.91 Å². The monoisotopic (exact) mass is 475 g/mol. The van der Waals surface area contributed by atoms with Crippen molar-refractivity contribution in [2.75, 3.05) is 31.6 Å². The van der Waals surface area contributed by atoms with Crippen molar-refractivity contribution in [3.63, 3.8) is 0 Å². The zero-order chi connectivity index (χ0) is 23.1. The fraction of sp³-hybridized carbons (Fsp3) is 0.273. The van der Waals surface area contributed by atoms with E-state index in [9.17, 15) is 13.2 Å². The van der Waals surface area contributed by atoms with E-state index in [1.807, 2.05) is 13.0 Å². The van der Waals surface area contributed by atoms with Crippen molar-refractivity contribution in [3.05, 3.63) is 65.7 Å². The summed E-state index contributed by atoms with van der Waals surface area (Å²) in [5.74, 6) is 0.816. The number of hydrogen-bond donors (Lipinski definition) is 0. The predicted molar refractivity (Wildman–Crippen MR) is 124 cm³/mol. The van der Waals surface area contributed by atoms with Crippen LogP contribution in [0.15, 0.2) is 65.0 Å². The van der Waals surface area contributed by atoms with E-state index >= 15 is 0 Å². The highest BCUT2D eigenvalue weighted by atomic mass is 32.2. The fourth-order valence-corrected chi connectivity index (χ4v) is 5.37. The molecule has 2 aromatic carbocycles. The number of methoxy groups -OCH3 is 2. The Bertz CT molecular complexity index is 1140. The van der Waals surface area contributed by atoms with E-state index in [2.05, 4.69) is 4.98 Å². The summed E-state index contributed by atoms with van der Waals surface area (Å²) in [5.41, 5.74) is 0.838. The summed E-state index contributed by atoms with van der Waals surface area (Å²) < 4.78 is 38.2. The number of hydrogen-bond acceptors (Lipinski definition) is 7. The molecule has 0 N–H and O–H groups in total. The molecule has 1 aromatic heterocycles. The highest BCUT2D eigenvalue weighted by Crippen LogP contribution is 2.29. The number of thiazole rings is 1. The van der Waals surface area contributed by atoms with Crippen LogP contribution in [0.5, 0.6) is 11.5 Å². The minimum Gasteiger partial charge on any atom is -0.493 e. The maximum absolute atomic E-state index is 13.3. The van der Waals surface area contributed by atoms with Gasteiger partial charge in [-0.2, -0.15) is 0 Å². The number of likely N-dealkylation sites (N-methyl/N-ethyl adjacent to an activating group) is 1. The number of amides is 1. The van der Waals surface area contributed by atoms with E-state index in [0.717, 1.165) is 21.2 Å². The average Bonchev–Trinajstić information content (AvgIpc) is 3.35. The van der Waals surface area contributed by atoms with Crippen LogP contribution in [0, 0.1) is 0 Å². The third kappa shape index (κ3) is 5.20. The average molecular weight is 476 g/mol. The topological polar surface area (TPSA) is 89.0 Å². The Morgan fingerprint density at radius 2 is 1.78 bits per heavy atom. The second-order valence-corrected chi connectivity index (χ2v) is 9.47. The Morgan fingerprint density at radius 1 is 1.06 bits per heavy atom. The van der Waals surface area contributed by atoms with E-state index in [1.165, 1.54) is 18.3 Å². The first-order valence-corrected chi connectivity index (χ1v) is 12.2. The van der Waals surface area contributed by atoms with Gasteiger partial charge in [-0.1, -0.05) is 24.3 Å². The maximum Gasteiger partial charge on any atom is 0.266 e. The highest BCUT2D eigenvalue weighted by Gasteiger charge is 2.30. The largest absolute Gasteiger partial charge is 0.493 e. The van der Waals surface area contributed by atoms with Gasteiger partial charge in [0.1, 0.15) is 6.54 Å². The lowest BCUT2D eigenvalue weighted by atomic mass is 10.2. The summed E-state index contributed by atoms with van der Waals surface area (Å²) >= 11 is 1.16. The number of aromatic nitrogens is 1. The summed E-state index contributed by atoms with van der Waals surface area (Å²) in [7, 11) is -0.854. The molecule has 0 spiro atoms. The molecule has 0 atom stereocenters. The summed E-state index contributed by atoms with van der Waals surface area (Å²) in [4.78, 5) is 19.0. The standard InChI is InChI=1S/C22H25N3O5S2/c1-4-24(15-17-10-11-19(29-2)20(14-17)30-3)21(26)16-25(22-23-12-13-31-22)32(27,28)18-8-6-5-7-9-18/h5-14H,4,15-16H2,1-3H3. The van der Waals surface area contributed by atoms with Crippen molar-refractivity contribution in [2.24, 2.45) is 0 Å². The van der Waals surface area contributed by atoms with E-state index in [-0.39, 0.29) is 22.5 Å². The van der Waals surface area contributed by atoms with Gasteiger partial charge in [-0.25, -0.2) is 17.7 Å². The molecule has 0 fully saturated rings. The molecule has 3 rings (SSSR count). The molecule has 0 saturated carbocycles. The van der Waals surface area contributed by atoms with Crippen LogP contribution in [0.2, 0.25) is 0 Å².